The number of piperidine rings is 3. The highest BCUT2D eigenvalue weighted by atomic mass is 16.3. The molecule has 26 heavy (non-hydrogen) atoms. The van der Waals surface area contributed by atoms with Crippen LogP contribution in [0.5, 0.6) is 0 Å². The number of aryl methyl sites for hydroxylation is 1. The van der Waals surface area contributed by atoms with Crippen LogP contribution in [0.4, 0.5) is 0 Å². The van der Waals surface area contributed by atoms with Crippen molar-refractivity contribution >= 4 is 12.2 Å². The highest BCUT2D eigenvalue weighted by Gasteiger charge is 2.44. The second kappa shape index (κ2) is 7.07. The summed E-state index contributed by atoms with van der Waals surface area (Å²) in [4.78, 5) is 6.96. The Kier molecular flexibility index (Phi) is 4.63. The number of aliphatic hydroxyl groups is 1. The van der Waals surface area contributed by atoms with Crippen LogP contribution in [-0.4, -0.2) is 40.2 Å². The Morgan fingerprint density at radius 1 is 1.12 bits per heavy atom. The Balaban J connectivity index is 1.63. The van der Waals surface area contributed by atoms with Gasteiger partial charge in [-0.2, -0.15) is 0 Å². The lowest BCUT2D eigenvalue weighted by molar-refractivity contribution is -0.0713. The van der Waals surface area contributed by atoms with Gasteiger partial charge in [-0.3, -0.25) is 9.88 Å². The van der Waals surface area contributed by atoms with Crippen molar-refractivity contribution in [3.8, 4) is 11.8 Å². The van der Waals surface area contributed by atoms with Gasteiger partial charge in [-0.15, -0.1) is 0 Å². The van der Waals surface area contributed by atoms with E-state index in [1.54, 1.807) is 0 Å². The van der Waals surface area contributed by atoms with Gasteiger partial charge in [0, 0.05) is 18.2 Å². The molecule has 0 spiro atoms. The van der Waals surface area contributed by atoms with Crippen molar-refractivity contribution < 1.29 is 5.11 Å². The van der Waals surface area contributed by atoms with Gasteiger partial charge in [-0.05, 0) is 56.6 Å². The SMILES string of the molecule is Cc1ccc(C#CC2(O)CN3CCC2CC3)c(/C=C/c2ccccc2)n1. The average Bonchev–Trinajstić information content (AvgIpc) is 2.67. The lowest BCUT2D eigenvalue weighted by atomic mass is 9.76. The van der Waals surface area contributed by atoms with E-state index < -0.39 is 5.60 Å². The molecule has 3 saturated heterocycles. The van der Waals surface area contributed by atoms with E-state index in [4.69, 9.17) is 0 Å². The van der Waals surface area contributed by atoms with E-state index in [2.05, 4.69) is 39.9 Å². The van der Waals surface area contributed by atoms with Gasteiger partial charge in [0.2, 0.25) is 0 Å². The van der Waals surface area contributed by atoms with Crippen LogP contribution in [0, 0.1) is 24.7 Å². The van der Waals surface area contributed by atoms with Gasteiger partial charge in [-0.25, -0.2) is 0 Å². The van der Waals surface area contributed by atoms with Crippen molar-refractivity contribution in [1.82, 2.24) is 9.88 Å². The van der Waals surface area contributed by atoms with Crippen LogP contribution in [0.3, 0.4) is 0 Å². The Labute approximate surface area is 155 Å². The molecule has 3 aliphatic heterocycles. The summed E-state index contributed by atoms with van der Waals surface area (Å²) in [5.41, 5.74) is 2.93. The third kappa shape index (κ3) is 3.58. The van der Waals surface area contributed by atoms with Gasteiger partial charge >= 0.3 is 0 Å². The first-order valence-corrected chi connectivity index (χ1v) is 9.31. The summed E-state index contributed by atoms with van der Waals surface area (Å²) in [6, 6.07) is 14.2. The van der Waals surface area contributed by atoms with E-state index in [-0.39, 0.29) is 0 Å². The first kappa shape index (κ1) is 17.0. The van der Waals surface area contributed by atoms with E-state index in [1.165, 1.54) is 0 Å². The Morgan fingerprint density at radius 2 is 1.88 bits per heavy atom. The second-order valence-corrected chi connectivity index (χ2v) is 7.35. The smallest absolute Gasteiger partial charge is 0.141 e. The standard InChI is InChI=1S/C23H24N2O/c1-18-7-9-20(22(24-18)10-8-19-5-3-2-4-6-19)11-14-23(26)17-25-15-12-21(23)13-16-25/h2-10,21,26H,12-13,15-17H2,1H3/b10-8+. The maximum absolute atomic E-state index is 11.0. The molecule has 3 heteroatoms. The Hall–Kier alpha value is -2.41. The van der Waals surface area contributed by atoms with Gasteiger partial charge in [0.05, 0.1) is 11.3 Å². The number of pyridine rings is 1. The number of benzene rings is 1. The molecule has 3 nitrogen and oxygen atoms in total. The predicted molar refractivity (Wildman–Crippen MR) is 105 cm³/mol. The third-order valence-corrected chi connectivity index (χ3v) is 5.44. The van der Waals surface area contributed by atoms with Crippen LogP contribution in [0.15, 0.2) is 42.5 Å². The summed E-state index contributed by atoms with van der Waals surface area (Å²) in [5, 5.41) is 11.0. The topological polar surface area (TPSA) is 36.4 Å². The Morgan fingerprint density at radius 3 is 2.58 bits per heavy atom. The Bertz CT molecular complexity index is 870. The molecule has 3 fully saturated rings. The molecule has 2 aromatic rings. The van der Waals surface area contributed by atoms with Gasteiger partial charge in [-0.1, -0.05) is 48.2 Å². The average molecular weight is 344 g/mol. The molecule has 5 rings (SSSR count). The molecule has 0 saturated carbocycles. The van der Waals surface area contributed by atoms with Crippen LogP contribution in [0.2, 0.25) is 0 Å². The molecule has 1 unspecified atom stereocenters. The monoisotopic (exact) mass is 344 g/mol. The van der Waals surface area contributed by atoms with E-state index in [1.807, 2.05) is 43.3 Å². The van der Waals surface area contributed by atoms with E-state index in [0.717, 1.165) is 48.4 Å². The van der Waals surface area contributed by atoms with Crippen LogP contribution in [-0.2, 0) is 0 Å². The third-order valence-electron chi connectivity index (χ3n) is 5.44. The fourth-order valence-electron chi connectivity index (χ4n) is 3.90. The number of nitrogens with zero attached hydrogens (tertiary/aromatic N) is 2. The maximum Gasteiger partial charge on any atom is 0.141 e. The van der Waals surface area contributed by atoms with Crippen molar-refractivity contribution in [3.05, 3.63) is 65.0 Å². The molecule has 1 aromatic carbocycles. The molecule has 4 heterocycles. The molecular formula is C23H24N2O. The summed E-state index contributed by atoms with van der Waals surface area (Å²) in [5.74, 6) is 6.72. The van der Waals surface area contributed by atoms with Crippen LogP contribution >= 0.6 is 0 Å². The van der Waals surface area contributed by atoms with E-state index >= 15 is 0 Å². The largest absolute Gasteiger partial charge is 0.376 e. The minimum atomic E-state index is -0.887. The molecule has 2 bridgehead atoms. The first-order chi connectivity index (χ1) is 12.6. The highest BCUT2D eigenvalue weighted by Crippen LogP contribution is 2.35. The fourth-order valence-corrected chi connectivity index (χ4v) is 3.90. The summed E-state index contributed by atoms with van der Waals surface area (Å²) in [6.45, 7) is 4.83. The van der Waals surface area contributed by atoms with Crippen molar-refractivity contribution in [2.75, 3.05) is 19.6 Å². The van der Waals surface area contributed by atoms with Crippen LogP contribution in [0.25, 0.3) is 12.2 Å². The van der Waals surface area contributed by atoms with Crippen molar-refractivity contribution in [2.24, 2.45) is 5.92 Å². The number of hydrogen-bond donors (Lipinski definition) is 1. The zero-order chi connectivity index (χ0) is 18.0. The number of rotatable bonds is 2. The molecule has 1 N–H and O–H groups in total. The molecule has 3 aliphatic rings. The van der Waals surface area contributed by atoms with Crippen molar-refractivity contribution in [1.29, 1.82) is 0 Å². The number of hydrogen-bond acceptors (Lipinski definition) is 3. The van der Waals surface area contributed by atoms with Crippen molar-refractivity contribution in [2.45, 2.75) is 25.4 Å². The zero-order valence-corrected chi connectivity index (χ0v) is 15.2. The molecule has 132 valence electrons. The van der Waals surface area contributed by atoms with Gasteiger partial charge in [0.25, 0.3) is 0 Å². The minimum absolute atomic E-state index is 0.293. The van der Waals surface area contributed by atoms with Gasteiger partial charge in [0.1, 0.15) is 5.60 Å². The summed E-state index contributed by atoms with van der Waals surface area (Å²) >= 11 is 0. The second-order valence-electron chi connectivity index (χ2n) is 7.35. The molecule has 0 aliphatic carbocycles. The quantitative estimate of drug-likeness (QED) is 0.849. The van der Waals surface area contributed by atoms with E-state index in [0.29, 0.717) is 12.5 Å². The molecule has 0 amide bonds. The lowest BCUT2D eigenvalue weighted by Gasteiger charge is -2.47. The van der Waals surface area contributed by atoms with Crippen molar-refractivity contribution in [3.63, 3.8) is 0 Å². The number of fused-ring (bicyclic) bond motifs is 3. The molecular weight excluding hydrogens is 320 g/mol. The summed E-state index contributed by atoms with van der Waals surface area (Å²) in [6.07, 6.45) is 6.14. The zero-order valence-electron chi connectivity index (χ0n) is 15.2. The summed E-state index contributed by atoms with van der Waals surface area (Å²) < 4.78 is 0. The highest BCUT2D eigenvalue weighted by molar-refractivity contribution is 5.71. The molecule has 1 atom stereocenters. The molecule has 1 aromatic heterocycles. The first-order valence-electron chi connectivity index (χ1n) is 9.31. The summed E-state index contributed by atoms with van der Waals surface area (Å²) in [7, 11) is 0. The molecule has 0 radical (unpaired) electrons. The predicted octanol–water partition coefficient (Wildman–Crippen LogP) is 3.37. The fraction of sp³-hybridized carbons (Fsp3) is 0.348. The maximum atomic E-state index is 11.0. The minimum Gasteiger partial charge on any atom is -0.376 e. The van der Waals surface area contributed by atoms with Crippen LogP contribution in [0.1, 0.15) is 35.4 Å². The normalized spacial score (nSPS) is 27.3. The van der Waals surface area contributed by atoms with Gasteiger partial charge < -0.3 is 5.11 Å². The van der Waals surface area contributed by atoms with Crippen LogP contribution < -0.4 is 0 Å². The van der Waals surface area contributed by atoms with Gasteiger partial charge in [0.15, 0.2) is 0 Å². The lowest BCUT2D eigenvalue weighted by Crippen LogP contribution is -2.58. The number of aromatic nitrogens is 1. The van der Waals surface area contributed by atoms with E-state index in [9.17, 15) is 5.11 Å².